The summed E-state index contributed by atoms with van der Waals surface area (Å²) in [5.74, 6) is 0.685. The van der Waals surface area contributed by atoms with Crippen molar-refractivity contribution in [2.24, 2.45) is 0 Å². The summed E-state index contributed by atoms with van der Waals surface area (Å²) in [6.07, 6.45) is -2.15. The molecule has 0 aromatic heterocycles. The Balaban J connectivity index is 2.63. The fourth-order valence-electron chi connectivity index (χ4n) is 1.08. The first kappa shape index (κ1) is 12.7. The Morgan fingerprint density at radius 2 is 1.44 bits per heavy atom. The van der Waals surface area contributed by atoms with Crippen molar-refractivity contribution in [1.82, 2.24) is 0 Å². The molecule has 4 heteroatoms. The summed E-state index contributed by atoms with van der Waals surface area (Å²) in [5.41, 5.74) is 0. The fraction of sp³-hybridized carbons (Fsp3) is 0.500. The van der Waals surface area contributed by atoms with E-state index >= 15 is 0 Å². The Kier molecular flexibility index (Phi) is 5.02. The van der Waals surface area contributed by atoms with Crippen LogP contribution >= 0.6 is 0 Å². The van der Waals surface area contributed by atoms with E-state index in [2.05, 4.69) is 0 Å². The van der Waals surface area contributed by atoms with Crippen molar-refractivity contribution in [3.05, 3.63) is 24.3 Å². The standard InChI is InChI=1S/C12H16F2O2/c1-3-11(13)15-9-6-5-7-10(8-9)16-12(14)4-2/h5-8,11-12H,3-4H2,1-2H3. The van der Waals surface area contributed by atoms with Gasteiger partial charge in [-0.25, -0.2) is 8.78 Å². The largest absolute Gasteiger partial charge is 0.460 e. The molecule has 0 saturated carbocycles. The third kappa shape index (κ3) is 4.04. The van der Waals surface area contributed by atoms with E-state index in [1.54, 1.807) is 32.0 Å². The van der Waals surface area contributed by atoms with Gasteiger partial charge in [0.2, 0.25) is 12.7 Å². The van der Waals surface area contributed by atoms with Crippen LogP contribution in [0.2, 0.25) is 0 Å². The van der Waals surface area contributed by atoms with E-state index in [0.29, 0.717) is 11.5 Å². The Morgan fingerprint density at radius 1 is 1.00 bits per heavy atom. The first-order valence-electron chi connectivity index (χ1n) is 5.37. The van der Waals surface area contributed by atoms with Crippen LogP contribution < -0.4 is 9.47 Å². The van der Waals surface area contributed by atoms with Crippen LogP contribution in [-0.4, -0.2) is 12.7 Å². The fourth-order valence-corrected chi connectivity index (χ4v) is 1.08. The smallest absolute Gasteiger partial charge is 0.238 e. The highest BCUT2D eigenvalue weighted by Crippen LogP contribution is 2.22. The molecule has 1 aromatic rings. The van der Waals surface area contributed by atoms with Gasteiger partial charge in [0.15, 0.2) is 0 Å². The normalized spacial score (nSPS) is 14.2. The van der Waals surface area contributed by atoms with Crippen LogP contribution in [0.15, 0.2) is 24.3 Å². The molecule has 0 aliphatic rings. The van der Waals surface area contributed by atoms with Gasteiger partial charge in [-0.1, -0.05) is 19.9 Å². The molecule has 0 aliphatic heterocycles. The van der Waals surface area contributed by atoms with Gasteiger partial charge in [0.05, 0.1) is 0 Å². The zero-order valence-corrected chi connectivity index (χ0v) is 9.45. The van der Waals surface area contributed by atoms with Crippen LogP contribution in [0.25, 0.3) is 0 Å². The minimum atomic E-state index is -1.34. The molecule has 0 spiro atoms. The molecule has 0 N–H and O–H groups in total. The Bertz CT molecular complexity index is 290. The molecule has 16 heavy (non-hydrogen) atoms. The molecule has 0 saturated heterocycles. The van der Waals surface area contributed by atoms with Gasteiger partial charge in [0, 0.05) is 18.9 Å². The molecule has 90 valence electrons. The van der Waals surface area contributed by atoms with Crippen LogP contribution in [-0.2, 0) is 0 Å². The summed E-state index contributed by atoms with van der Waals surface area (Å²) in [5, 5.41) is 0. The van der Waals surface area contributed by atoms with E-state index in [0.717, 1.165) is 0 Å². The van der Waals surface area contributed by atoms with Crippen molar-refractivity contribution in [3.63, 3.8) is 0 Å². The van der Waals surface area contributed by atoms with E-state index in [1.807, 2.05) is 0 Å². The summed E-state index contributed by atoms with van der Waals surface area (Å²) >= 11 is 0. The number of alkyl halides is 2. The van der Waals surface area contributed by atoms with Crippen molar-refractivity contribution in [1.29, 1.82) is 0 Å². The zero-order valence-electron chi connectivity index (χ0n) is 9.45. The number of hydrogen-bond acceptors (Lipinski definition) is 2. The molecule has 2 nitrogen and oxygen atoms in total. The predicted octanol–water partition coefficient (Wildman–Crippen LogP) is 3.86. The summed E-state index contributed by atoms with van der Waals surface area (Å²) in [6, 6.07) is 6.32. The van der Waals surface area contributed by atoms with Gasteiger partial charge >= 0.3 is 0 Å². The molecular formula is C12H16F2O2. The lowest BCUT2D eigenvalue weighted by Gasteiger charge is -2.12. The van der Waals surface area contributed by atoms with Crippen LogP contribution in [0.4, 0.5) is 8.78 Å². The molecule has 0 bridgehead atoms. The first-order valence-corrected chi connectivity index (χ1v) is 5.37. The van der Waals surface area contributed by atoms with Gasteiger partial charge in [-0.2, -0.15) is 0 Å². The second-order valence-electron chi connectivity index (χ2n) is 3.35. The Morgan fingerprint density at radius 3 is 1.81 bits per heavy atom. The second kappa shape index (κ2) is 6.30. The maximum absolute atomic E-state index is 12.9. The van der Waals surface area contributed by atoms with Crippen molar-refractivity contribution in [2.75, 3.05) is 0 Å². The van der Waals surface area contributed by atoms with E-state index in [9.17, 15) is 8.78 Å². The van der Waals surface area contributed by atoms with Crippen LogP contribution in [0, 0.1) is 0 Å². The minimum Gasteiger partial charge on any atom is -0.460 e. The Hall–Kier alpha value is -1.32. The monoisotopic (exact) mass is 230 g/mol. The average molecular weight is 230 g/mol. The topological polar surface area (TPSA) is 18.5 Å². The SMILES string of the molecule is CCC(F)Oc1cccc(OC(F)CC)c1. The van der Waals surface area contributed by atoms with Gasteiger partial charge in [-0.3, -0.25) is 0 Å². The third-order valence-corrected chi connectivity index (χ3v) is 1.98. The highest BCUT2D eigenvalue weighted by molar-refractivity contribution is 5.33. The van der Waals surface area contributed by atoms with Crippen molar-refractivity contribution >= 4 is 0 Å². The minimum absolute atomic E-state index is 0.270. The number of ether oxygens (including phenoxy) is 2. The summed E-state index contributed by atoms with van der Waals surface area (Å²) in [4.78, 5) is 0. The number of hydrogen-bond donors (Lipinski definition) is 0. The van der Waals surface area contributed by atoms with Crippen molar-refractivity contribution in [3.8, 4) is 11.5 Å². The third-order valence-electron chi connectivity index (χ3n) is 1.98. The molecule has 0 fully saturated rings. The summed E-state index contributed by atoms with van der Waals surface area (Å²) in [6.45, 7) is 3.36. The average Bonchev–Trinajstić information content (AvgIpc) is 2.29. The predicted molar refractivity (Wildman–Crippen MR) is 58.1 cm³/mol. The molecular weight excluding hydrogens is 214 g/mol. The van der Waals surface area contributed by atoms with Gasteiger partial charge < -0.3 is 9.47 Å². The highest BCUT2D eigenvalue weighted by atomic mass is 19.1. The van der Waals surface area contributed by atoms with E-state index in [-0.39, 0.29) is 12.8 Å². The van der Waals surface area contributed by atoms with Crippen LogP contribution in [0.1, 0.15) is 26.7 Å². The highest BCUT2D eigenvalue weighted by Gasteiger charge is 2.08. The summed E-state index contributed by atoms with van der Waals surface area (Å²) in [7, 11) is 0. The molecule has 0 heterocycles. The molecule has 0 radical (unpaired) electrons. The Labute approximate surface area is 94.2 Å². The molecule has 2 atom stereocenters. The lowest BCUT2D eigenvalue weighted by atomic mass is 10.3. The second-order valence-corrected chi connectivity index (χ2v) is 3.35. The van der Waals surface area contributed by atoms with Crippen molar-refractivity contribution < 1.29 is 18.3 Å². The summed E-state index contributed by atoms with van der Waals surface area (Å²) < 4.78 is 35.8. The molecule has 1 aromatic carbocycles. The van der Waals surface area contributed by atoms with Gasteiger partial charge in [-0.15, -0.1) is 0 Å². The number of rotatable bonds is 6. The maximum Gasteiger partial charge on any atom is 0.238 e. The zero-order chi connectivity index (χ0) is 12.0. The molecule has 0 aliphatic carbocycles. The van der Waals surface area contributed by atoms with E-state index in [4.69, 9.17) is 9.47 Å². The molecule has 1 rings (SSSR count). The van der Waals surface area contributed by atoms with Crippen LogP contribution in [0.3, 0.4) is 0 Å². The first-order chi connectivity index (χ1) is 7.65. The lowest BCUT2D eigenvalue weighted by Crippen LogP contribution is -2.09. The van der Waals surface area contributed by atoms with E-state index < -0.39 is 12.7 Å². The van der Waals surface area contributed by atoms with E-state index in [1.165, 1.54) is 6.07 Å². The number of benzene rings is 1. The van der Waals surface area contributed by atoms with Gasteiger partial charge in [-0.05, 0) is 12.1 Å². The van der Waals surface area contributed by atoms with Gasteiger partial charge in [0.1, 0.15) is 11.5 Å². The maximum atomic E-state index is 12.9. The lowest BCUT2D eigenvalue weighted by molar-refractivity contribution is 0.0572. The molecule has 2 unspecified atom stereocenters. The van der Waals surface area contributed by atoms with Crippen LogP contribution in [0.5, 0.6) is 11.5 Å². The van der Waals surface area contributed by atoms with Crippen molar-refractivity contribution in [2.45, 2.75) is 39.4 Å². The number of halogens is 2. The molecule has 0 amide bonds. The van der Waals surface area contributed by atoms with Gasteiger partial charge in [0.25, 0.3) is 0 Å². The quantitative estimate of drug-likeness (QED) is 0.738.